The fourth-order valence-electron chi connectivity index (χ4n) is 2.86. The first kappa shape index (κ1) is 20.2. The Balaban J connectivity index is 1.86. The Hall–Kier alpha value is -2.12. The molecule has 0 saturated carbocycles. The molecule has 7 heteroatoms. The topological polar surface area (TPSA) is 79.9 Å². The first-order chi connectivity index (χ1) is 12.5. The summed E-state index contributed by atoms with van der Waals surface area (Å²) in [6.45, 7) is 8.27. The molecule has 1 aliphatic heterocycles. The Morgan fingerprint density at radius 3 is 2.42 bits per heavy atom. The first-order valence-corrected chi connectivity index (χ1v) is 9.02. The molecule has 1 aromatic carbocycles. The van der Waals surface area contributed by atoms with Gasteiger partial charge in [0.05, 0.1) is 20.3 Å². The number of carbonyl (C=O) groups excluding carboxylic acids is 2. The molecule has 2 N–H and O–H groups in total. The van der Waals surface area contributed by atoms with E-state index in [1.54, 1.807) is 0 Å². The first-order valence-electron chi connectivity index (χ1n) is 9.02. The number of rotatable bonds is 7. The van der Waals surface area contributed by atoms with Gasteiger partial charge in [0, 0.05) is 25.3 Å². The summed E-state index contributed by atoms with van der Waals surface area (Å²) < 4.78 is 10.1. The predicted molar refractivity (Wildman–Crippen MR) is 100.0 cm³/mol. The molecule has 1 heterocycles. The van der Waals surface area contributed by atoms with Crippen LogP contribution in [-0.2, 0) is 20.8 Å². The highest BCUT2D eigenvalue weighted by Gasteiger charge is 2.22. The second-order valence-electron chi connectivity index (χ2n) is 6.89. The summed E-state index contributed by atoms with van der Waals surface area (Å²) in [5.41, 5.74) is 1.87. The van der Waals surface area contributed by atoms with E-state index in [0.29, 0.717) is 12.1 Å². The summed E-state index contributed by atoms with van der Waals surface area (Å²) in [6, 6.07) is 6.66. The zero-order chi connectivity index (χ0) is 18.9. The summed E-state index contributed by atoms with van der Waals surface area (Å²) >= 11 is 0. The molecule has 26 heavy (non-hydrogen) atoms. The maximum Gasteiger partial charge on any atom is 0.328 e. The summed E-state index contributed by atoms with van der Waals surface area (Å²) in [5.74, 6) is -0.173. The van der Waals surface area contributed by atoms with Crippen molar-refractivity contribution in [3.05, 3.63) is 29.8 Å². The number of urea groups is 1. The summed E-state index contributed by atoms with van der Waals surface area (Å²) in [5, 5.41) is 5.45. The van der Waals surface area contributed by atoms with Crippen LogP contribution in [0.15, 0.2) is 24.3 Å². The highest BCUT2D eigenvalue weighted by molar-refractivity contribution is 5.92. The number of esters is 1. The van der Waals surface area contributed by atoms with Crippen molar-refractivity contribution in [3.8, 4) is 0 Å². The van der Waals surface area contributed by atoms with Crippen LogP contribution in [0.2, 0.25) is 0 Å². The van der Waals surface area contributed by atoms with Gasteiger partial charge < -0.3 is 20.1 Å². The molecule has 1 fully saturated rings. The molecular formula is C19H29N3O4. The molecule has 1 aromatic rings. The highest BCUT2D eigenvalue weighted by atomic mass is 16.5. The lowest BCUT2D eigenvalue weighted by molar-refractivity contribution is -0.143. The third kappa shape index (κ3) is 6.65. The molecule has 2 amide bonds. The number of nitrogens with zero attached hydrogens (tertiary/aromatic N) is 1. The molecule has 1 aliphatic rings. The van der Waals surface area contributed by atoms with Crippen molar-refractivity contribution in [2.24, 2.45) is 5.92 Å². The van der Waals surface area contributed by atoms with Gasteiger partial charge in [0.2, 0.25) is 0 Å². The third-order valence-electron chi connectivity index (χ3n) is 4.22. The summed E-state index contributed by atoms with van der Waals surface area (Å²) in [6.07, 6.45) is 0.526. The lowest BCUT2D eigenvalue weighted by Crippen LogP contribution is -2.44. The molecule has 1 atom stereocenters. The number of hydrogen-bond donors (Lipinski definition) is 2. The molecule has 1 saturated heterocycles. The Labute approximate surface area is 155 Å². The van der Waals surface area contributed by atoms with Gasteiger partial charge in [-0.2, -0.15) is 0 Å². The molecule has 0 aliphatic carbocycles. The van der Waals surface area contributed by atoms with Crippen molar-refractivity contribution in [1.82, 2.24) is 10.2 Å². The van der Waals surface area contributed by atoms with Crippen molar-refractivity contribution >= 4 is 17.7 Å². The monoisotopic (exact) mass is 363 g/mol. The zero-order valence-corrected chi connectivity index (χ0v) is 15.8. The lowest BCUT2D eigenvalue weighted by Gasteiger charge is -2.26. The molecule has 0 spiro atoms. The maximum absolute atomic E-state index is 12.2. The predicted octanol–water partition coefficient (Wildman–Crippen LogP) is 2.23. The van der Waals surface area contributed by atoms with E-state index >= 15 is 0 Å². The fraction of sp³-hybridized carbons (Fsp3) is 0.579. The van der Waals surface area contributed by atoms with Crippen molar-refractivity contribution in [3.63, 3.8) is 0 Å². The Morgan fingerprint density at radius 2 is 1.85 bits per heavy atom. The van der Waals surface area contributed by atoms with E-state index < -0.39 is 18.0 Å². The lowest BCUT2D eigenvalue weighted by atomic mass is 10.0. The minimum atomic E-state index is -0.652. The fourth-order valence-corrected chi connectivity index (χ4v) is 2.86. The molecule has 0 aromatic heterocycles. The SMILES string of the molecule is COC(=O)C(CC(C)C)NC(=O)Nc1ccc(CN2CCOCC2)cc1. The maximum atomic E-state index is 12.2. The summed E-state index contributed by atoms with van der Waals surface area (Å²) in [7, 11) is 1.32. The van der Waals surface area contributed by atoms with E-state index in [0.717, 1.165) is 32.8 Å². The number of ether oxygens (including phenoxy) is 2. The van der Waals surface area contributed by atoms with Crippen molar-refractivity contribution in [2.45, 2.75) is 32.9 Å². The Kier molecular flexibility index (Phi) is 7.87. The van der Waals surface area contributed by atoms with Gasteiger partial charge >= 0.3 is 12.0 Å². The second kappa shape index (κ2) is 10.1. The van der Waals surface area contributed by atoms with E-state index in [1.807, 2.05) is 38.1 Å². The van der Waals surface area contributed by atoms with Gasteiger partial charge in [0.25, 0.3) is 0 Å². The Bertz CT molecular complexity index is 583. The van der Waals surface area contributed by atoms with Gasteiger partial charge in [-0.1, -0.05) is 26.0 Å². The number of morpholine rings is 1. The number of hydrogen-bond acceptors (Lipinski definition) is 5. The van der Waals surface area contributed by atoms with Crippen LogP contribution < -0.4 is 10.6 Å². The number of amides is 2. The van der Waals surface area contributed by atoms with Gasteiger partial charge in [0.15, 0.2) is 0 Å². The quantitative estimate of drug-likeness (QED) is 0.726. The minimum absolute atomic E-state index is 0.263. The number of methoxy groups -OCH3 is 1. The number of nitrogens with one attached hydrogen (secondary N) is 2. The van der Waals surface area contributed by atoms with E-state index in [9.17, 15) is 9.59 Å². The van der Waals surface area contributed by atoms with Gasteiger partial charge in [-0.05, 0) is 30.0 Å². The number of benzene rings is 1. The molecular weight excluding hydrogens is 334 g/mol. The van der Waals surface area contributed by atoms with Gasteiger partial charge in [-0.3, -0.25) is 4.90 Å². The standard InChI is InChI=1S/C19H29N3O4/c1-14(2)12-17(18(23)25-3)21-19(24)20-16-6-4-15(5-7-16)13-22-8-10-26-11-9-22/h4-7,14,17H,8-13H2,1-3H3,(H2,20,21,24). The van der Waals surface area contributed by atoms with Crippen LogP contribution in [0.3, 0.4) is 0 Å². The van der Waals surface area contributed by atoms with Gasteiger partial charge in [-0.15, -0.1) is 0 Å². The zero-order valence-electron chi connectivity index (χ0n) is 15.8. The highest BCUT2D eigenvalue weighted by Crippen LogP contribution is 2.13. The van der Waals surface area contributed by atoms with E-state index in [-0.39, 0.29) is 5.92 Å². The van der Waals surface area contributed by atoms with Crippen LogP contribution in [0.1, 0.15) is 25.8 Å². The molecule has 7 nitrogen and oxygen atoms in total. The third-order valence-corrected chi connectivity index (χ3v) is 4.22. The number of anilines is 1. The molecule has 144 valence electrons. The van der Waals surface area contributed by atoms with Crippen molar-refractivity contribution < 1.29 is 19.1 Å². The van der Waals surface area contributed by atoms with Crippen molar-refractivity contribution in [2.75, 3.05) is 38.7 Å². The Morgan fingerprint density at radius 1 is 1.19 bits per heavy atom. The van der Waals surface area contributed by atoms with E-state index in [2.05, 4.69) is 15.5 Å². The van der Waals surface area contributed by atoms with Gasteiger partial charge in [0.1, 0.15) is 6.04 Å². The minimum Gasteiger partial charge on any atom is -0.467 e. The van der Waals surface area contributed by atoms with Crippen LogP contribution in [-0.4, -0.2) is 56.4 Å². The van der Waals surface area contributed by atoms with E-state index in [4.69, 9.17) is 9.47 Å². The molecule has 0 bridgehead atoms. The smallest absolute Gasteiger partial charge is 0.328 e. The molecule has 1 unspecified atom stereocenters. The summed E-state index contributed by atoms with van der Waals surface area (Å²) in [4.78, 5) is 26.3. The van der Waals surface area contributed by atoms with Crippen LogP contribution in [0.25, 0.3) is 0 Å². The normalized spacial score (nSPS) is 16.2. The van der Waals surface area contributed by atoms with Crippen LogP contribution in [0.4, 0.5) is 10.5 Å². The van der Waals surface area contributed by atoms with Crippen LogP contribution >= 0.6 is 0 Å². The second-order valence-corrected chi connectivity index (χ2v) is 6.89. The average molecular weight is 363 g/mol. The van der Waals surface area contributed by atoms with E-state index in [1.165, 1.54) is 12.7 Å². The number of carbonyl (C=O) groups is 2. The van der Waals surface area contributed by atoms with Gasteiger partial charge in [-0.25, -0.2) is 9.59 Å². The van der Waals surface area contributed by atoms with Crippen LogP contribution in [0, 0.1) is 5.92 Å². The molecule has 2 rings (SSSR count). The average Bonchev–Trinajstić information content (AvgIpc) is 2.62. The van der Waals surface area contributed by atoms with Crippen LogP contribution in [0.5, 0.6) is 0 Å². The molecule has 0 radical (unpaired) electrons. The largest absolute Gasteiger partial charge is 0.467 e. The van der Waals surface area contributed by atoms with Crippen molar-refractivity contribution in [1.29, 1.82) is 0 Å².